The summed E-state index contributed by atoms with van der Waals surface area (Å²) in [4.78, 5) is 8.01. The molecule has 1 aliphatic rings. The van der Waals surface area contributed by atoms with Gasteiger partial charge >= 0.3 is 0 Å². The molecule has 0 bridgehead atoms. The first-order valence-corrected chi connectivity index (χ1v) is 6.23. The lowest BCUT2D eigenvalue weighted by Crippen LogP contribution is -2.27. The summed E-state index contributed by atoms with van der Waals surface area (Å²) in [6.45, 7) is 2.16. The van der Waals surface area contributed by atoms with Crippen LogP contribution >= 0.6 is 0 Å². The highest BCUT2D eigenvalue weighted by Crippen LogP contribution is 2.19. The van der Waals surface area contributed by atoms with Crippen LogP contribution in [0.3, 0.4) is 0 Å². The predicted molar refractivity (Wildman–Crippen MR) is 80.1 cm³/mol. The third-order valence-electron chi connectivity index (χ3n) is 2.94. The smallest absolute Gasteiger partial charge is 0.171 e. The summed E-state index contributed by atoms with van der Waals surface area (Å²) in [5.74, 6) is 5.54. The molecule has 2 heterocycles. The van der Waals surface area contributed by atoms with Crippen molar-refractivity contribution in [2.24, 2.45) is 26.8 Å². The fourth-order valence-corrected chi connectivity index (χ4v) is 2.04. The number of halogens is 1. The highest BCUT2D eigenvalue weighted by molar-refractivity contribution is 6.54. The molecule has 2 rings (SSSR count). The van der Waals surface area contributed by atoms with Crippen LogP contribution in [-0.2, 0) is 6.54 Å². The van der Waals surface area contributed by atoms with Crippen molar-refractivity contribution < 1.29 is 4.39 Å². The van der Waals surface area contributed by atoms with E-state index in [2.05, 4.69) is 20.2 Å². The minimum absolute atomic E-state index is 0.115. The highest BCUT2D eigenvalue weighted by atomic mass is 19.1. The van der Waals surface area contributed by atoms with Crippen molar-refractivity contribution in [2.75, 3.05) is 7.05 Å². The maximum atomic E-state index is 13.2. The second-order valence-electron chi connectivity index (χ2n) is 4.28. The zero-order chi connectivity index (χ0) is 15.4. The van der Waals surface area contributed by atoms with Gasteiger partial charge in [0.05, 0.1) is 12.7 Å². The van der Waals surface area contributed by atoms with Gasteiger partial charge in [0.25, 0.3) is 0 Å². The molecule has 0 aliphatic carbocycles. The predicted octanol–water partition coefficient (Wildman–Crippen LogP) is 0.598. The molecule has 110 valence electrons. The minimum Gasteiger partial charge on any atom is -0.380 e. The molecule has 8 heteroatoms. The standard InChI is InChI=1S/C13H16FN7/c1-3-10-11(12(15)19-16)20-21(13(10)17-2)7-8-4-9(14)6-18-5-8/h3-6H,7,16H2,1-2H3,(H2,15,19)/b10-3-,17-13+. The Balaban J connectivity index is 2.36. The quantitative estimate of drug-likeness (QED) is 0.368. The Hall–Kier alpha value is -2.77. The van der Waals surface area contributed by atoms with Gasteiger partial charge in [-0.3, -0.25) is 9.98 Å². The fourth-order valence-electron chi connectivity index (χ4n) is 2.04. The molecule has 1 aliphatic heterocycles. The van der Waals surface area contributed by atoms with Crippen LogP contribution in [0.2, 0.25) is 0 Å². The van der Waals surface area contributed by atoms with Crippen molar-refractivity contribution in [3.05, 3.63) is 41.5 Å². The van der Waals surface area contributed by atoms with E-state index in [-0.39, 0.29) is 5.84 Å². The summed E-state index contributed by atoms with van der Waals surface area (Å²) in [6.07, 6.45) is 4.54. The lowest BCUT2D eigenvalue weighted by molar-refractivity contribution is 0.447. The van der Waals surface area contributed by atoms with Gasteiger partial charge in [0.2, 0.25) is 0 Å². The van der Waals surface area contributed by atoms with E-state index < -0.39 is 5.82 Å². The van der Waals surface area contributed by atoms with Crippen LogP contribution in [0.1, 0.15) is 12.5 Å². The number of rotatable bonds is 3. The van der Waals surface area contributed by atoms with Crippen LogP contribution in [0, 0.1) is 5.82 Å². The van der Waals surface area contributed by atoms with E-state index in [9.17, 15) is 4.39 Å². The molecule has 0 aromatic carbocycles. The van der Waals surface area contributed by atoms with E-state index in [0.29, 0.717) is 23.7 Å². The fraction of sp³-hybridized carbons (Fsp3) is 0.231. The van der Waals surface area contributed by atoms with E-state index in [4.69, 9.17) is 11.6 Å². The van der Waals surface area contributed by atoms with Crippen LogP contribution < -0.4 is 11.6 Å². The summed E-state index contributed by atoms with van der Waals surface area (Å²) < 4.78 is 13.2. The van der Waals surface area contributed by atoms with Gasteiger partial charge in [-0.1, -0.05) is 6.08 Å². The topological polar surface area (TPSA) is 105 Å². The van der Waals surface area contributed by atoms with Gasteiger partial charge in [0, 0.05) is 18.8 Å². The molecule has 0 saturated carbocycles. The van der Waals surface area contributed by atoms with Crippen molar-refractivity contribution in [1.82, 2.24) is 9.99 Å². The molecule has 0 fully saturated rings. The van der Waals surface area contributed by atoms with Crippen molar-refractivity contribution >= 4 is 17.4 Å². The molecule has 1 aromatic rings. The van der Waals surface area contributed by atoms with E-state index in [0.717, 1.165) is 11.8 Å². The second-order valence-corrected chi connectivity index (χ2v) is 4.28. The zero-order valence-corrected chi connectivity index (χ0v) is 11.8. The summed E-state index contributed by atoms with van der Waals surface area (Å²) >= 11 is 0. The first kappa shape index (κ1) is 14.6. The van der Waals surface area contributed by atoms with Crippen molar-refractivity contribution in [3.63, 3.8) is 0 Å². The monoisotopic (exact) mass is 289 g/mol. The first-order valence-electron chi connectivity index (χ1n) is 6.23. The Morgan fingerprint density at radius 1 is 1.48 bits per heavy atom. The molecule has 0 unspecified atom stereocenters. The first-order chi connectivity index (χ1) is 10.1. The van der Waals surface area contributed by atoms with E-state index >= 15 is 0 Å². The zero-order valence-electron chi connectivity index (χ0n) is 11.8. The maximum Gasteiger partial charge on any atom is 0.171 e. The number of aromatic nitrogens is 1. The van der Waals surface area contributed by atoms with Gasteiger partial charge in [-0.15, -0.1) is 0 Å². The van der Waals surface area contributed by atoms with Gasteiger partial charge in [0.1, 0.15) is 11.5 Å². The maximum absolute atomic E-state index is 13.2. The number of hydrazone groups is 2. The SMILES string of the molecule is C/C=C1/C(/C(N)=N/N)=NN(Cc2cncc(F)c2)/C1=N/C. The number of amidine groups is 2. The Labute approximate surface area is 121 Å². The number of pyridine rings is 1. The lowest BCUT2D eigenvalue weighted by Gasteiger charge is -2.14. The largest absolute Gasteiger partial charge is 0.380 e. The van der Waals surface area contributed by atoms with E-state index in [1.807, 2.05) is 13.0 Å². The second kappa shape index (κ2) is 6.12. The molecule has 7 nitrogen and oxygen atoms in total. The Morgan fingerprint density at radius 3 is 2.81 bits per heavy atom. The number of nitrogens with two attached hydrogens (primary N) is 2. The van der Waals surface area contributed by atoms with Gasteiger partial charge in [-0.25, -0.2) is 9.40 Å². The van der Waals surface area contributed by atoms with Crippen LogP contribution in [-0.4, -0.2) is 34.4 Å². The van der Waals surface area contributed by atoms with E-state index in [1.165, 1.54) is 6.07 Å². The number of aliphatic imine (C=N–C) groups is 1. The van der Waals surface area contributed by atoms with Gasteiger partial charge in [-0.05, 0) is 18.6 Å². The molecule has 0 atom stereocenters. The number of hydrogen-bond acceptors (Lipinski definition) is 5. The van der Waals surface area contributed by atoms with Crippen molar-refractivity contribution in [3.8, 4) is 0 Å². The normalized spacial score (nSPS) is 19.5. The summed E-state index contributed by atoms with van der Waals surface area (Å²) in [5, 5.41) is 9.43. The molecule has 4 N–H and O–H groups in total. The lowest BCUT2D eigenvalue weighted by atomic mass is 10.1. The van der Waals surface area contributed by atoms with Gasteiger partial charge in [0.15, 0.2) is 11.7 Å². The molecule has 21 heavy (non-hydrogen) atoms. The Kier molecular flexibility index (Phi) is 4.27. The van der Waals surface area contributed by atoms with Gasteiger partial charge < -0.3 is 11.6 Å². The Morgan fingerprint density at radius 2 is 2.24 bits per heavy atom. The van der Waals surface area contributed by atoms with Crippen molar-refractivity contribution in [2.45, 2.75) is 13.5 Å². The molecule has 0 saturated heterocycles. The van der Waals surface area contributed by atoms with Crippen LogP contribution in [0.15, 0.2) is 45.3 Å². The molecule has 0 radical (unpaired) electrons. The molecule has 0 amide bonds. The number of hydrogen-bond donors (Lipinski definition) is 2. The van der Waals surface area contributed by atoms with Crippen LogP contribution in [0.4, 0.5) is 4.39 Å². The summed E-state index contributed by atoms with van der Waals surface area (Å²) in [5.41, 5.74) is 7.59. The average molecular weight is 289 g/mol. The highest BCUT2D eigenvalue weighted by Gasteiger charge is 2.29. The average Bonchev–Trinajstić information content (AvgIpc) is 2.83. The third-order valence-corrected chi connectivity index (χ3v) is 2.94. The van der Waals surface area contributed by atoms with Crippen molar-refractivity contribution in [1.29, 1.82) is 0 Å². The summed E-state index contributed by atoms with van der Waals surface area (Å²) in [7, 11) is 1.64. The Bertz CT molecular complexity index is 660. The third kappa shape index (κ3) is 2.88. The molecular weight excluding hydrogens is 273 g/mol. The molecular formula is C13H16FN7. The minimum atomic E-state index is -0.403. The van der Waals surface area contributed by atoms with Gasteiger partial charge in [-0.2, -0.15) is 10.2 Å². The van der Waals surface area contributed by atoms with Crippen LogP contribution in [0.5, 0.6) is 0 Å². The van der Waals surface area contributed by atoms with E-state index in [1.54, 1.807) is 18.3 Å². The molecule has 0 spiro atoms. The number of allylic oxidation sites excluding steroid dienone is 1. The molecule has 1 aromatic heterocycles. The summed E-state index contributed by atoms with van der Waals surface area (Å²) in [6, 6.07) is 1.39. The number of nitrogens with zero attached hydrogens (tertiary/aromatic N) is 5. The van der Waals surface area contributed by atoms with Crippen LogP contribution in [0.25, 0.3) is 0 Å².